The van der Waals surface area contributed by atoms with Crippen LogP contribution in [0.5, 0.6) is 0 Å². The van der Waals surface area contributed by atoms with Gasteiger partial charge in [-0.3, -0.25) is 4.79 Å². The lowest BCUT2D eigenvalue weighted by Crippen LogP contribution is -2.65. The lowest BCUT2D eigenvalue weighted by atomic mass is 9.77. The summed E-state index contributed by atoms with van der Waals surface area (Å²) in [6.07, 6.45) is 4.09. The molecule has 1 heterocycles. The van der Waals surface area contributed by atoms with Gasteiger partial charge in [0.15, 0.2) is 0 Å². The Morgan fingerprint density at radius 3 is 2.44 bits per heavy atom. The quantitative estimate of drug-likeness (QED) is 0.751. The van der Waals surface area contributed by atoms with E-state index in [9.17, 15) is 9.90 Å². The van der Waals surface area contributed by atoms with Crippen molar-refractivity contribution in [3.8, 4) is 0 Å². The summed E-state index contributed by atoms with van der Waals surface area (Å²) in [5.74, 6) is 0.370. The van der Waals surface area contributed by atoms with E-state index >= 15 is 0 Å². The molecule has 1 amide bonds. The first kappa shape index (κ1) is 19.6. The Labute approximate surface area is 151 Å². The van der Waals surface area contributed by atoms with Gasteiger partial charge in [-0.25, -0.2) is 0 Å². The molecule has 0 radical (unpaired) electrons. The van der Waals surface area contributed by atoms with Crippen LogP contribution in [0.3, 0.4) is 0 Å². The third-order valence-corrected chi connectivity index (χ3v) is 4.78. The molecule has 2 rings (SSSR count). The van der Waals surface area contributed by atoms with Crippen LogP contribution in [0.15, 0.2) is 30.3 Å². The van der Waals surface area contributed by atoms with E-state index in [1.54, 1.807) is 0 Å². The molecular formula is C20H31N3O2. The number of carbonyl (C=O) groups is 1. The molecule has 1 aromatic carbocycles. The van der Waals surface area contributed by atoms with Crippen molar-refractivity contribution >= 4 is 12.0 Å². The van der Waals surface area contributed by atoms with Crippen molar-refractivity contribution in [2.24, 2.45) is 0 Å². The first-order chi connectivity index (χ1) is 12.0. The molecule has 0 spiro atoms. The van der Waals surface area contributed by atoms with Crippen LogP contribution in [-0.4, -0.2) is 73.2 Å². The summed E-state index contributed by atoms with van der Waals surface area (Å²) in [5.41, 5.74) is 2.39. The maximum atomic E-state index is 12.4. The number of amides is 1. The Morgan fingerprint density at radius 2 is 1.92 bits per heavy atom. The highest BCUT2D eigenvalue weighted by Crippen LogP contribution is 2.33. The van der Waals surface area contributed by atoms with Crippen LogP contribution in [0.4, 0.5) is 0 Å². The van der Waals surface area contributed by atoms with E-state index in [1.165, 1.54) is 11.1 Å². The Morgan fingerprint density at radius 1 is 1.24 bits per heavy atom. The number of rotatable bonds is 8. The van der Waals surface area contributed by atoms with Crippen molar-refractivity contribution < 1.29 is 9.90 Å². The van der Waals surface area contributed by atoms with Crippen LogP contribution in [0.1, 0.15) is 30.9 Å². The number of nitrogens with one attached hydrogen (secondary N) is 1. The second-order valence-electron chi connectivity index (χ2n) is 6.92. The Bertz CT molecular complexity index is 583. The van der Waals surface area contributed by atoms with Crippen LogP contribution >= 0.6 is 0 Å². The fourth-order valence-electron chi connectivity index (χ4n) is 3.48. The number of carbonyl (C=O) groups excluding carboxylic acids is 1. The highest BCUT2D eigenvalue weighted by atomic mass is 16.3. The highest BCUT2D eigenvalue weighted by Gasteiger charge is 2.41. The number of likely N-dealkylation sites (N-methyl/N-ethyl adjacent to an activating group) is 2. The average molecular weight is 345 g/mol. The molecule has 138 valence electrons. The van der Waals surface area contributed by atoms with E-state index in [-0.39, 0.29) is 30.5 Å². The zero-order chi connectivity index (χ0) is 18.4. The van der Waals surface area contributed by atoms with Gasteiger partial charge < -0.3 is 20.2 Å². The average Bonchev–Trinajstić information content (AvgIpc) is 2.55. The third-order valence-electron chi connectivity index (χ3n) is 4.78. The zero-order valence-electron chi connectivity index (χ0n) is 15.8. The van der Waals surface area contributed by atoms with E-state index in [4.69, 9.17) is 0 Å². The minimum atomic E-state index is 0.0558. The topological polar surface area (TPSA) is 55.8 Å². The Balaban J connectivity index is 2.08. The van der Waals surface area contributed by atoms with Gasteiger partial charge >= 0.3 is 0 Å². The number of aliphatic hydroxyl groups is 1. The molecule has 1 aliphatic rings. The van der Waals surface area contributed by atoms with Crippen molar-refractivity contribution in [1.82, 2.24) is 15.1 Å². The first-order valence-electron chi connectivity index (χ1n) is 9.02. The molecule has 2 N–H and O–H groups in total. The smallest absolute Gasteiger partial charge is 0.236 e. The van der Waals surface area contributed by atoms with E-state index < -0.39 is 0 Å². The van der Waals surface area contributed by atoms with Gasteiger partial charge in [0.25, 0.3) is 0 Å². The van der Waals surface area contributed by atoms with Gasteiger partial charge in [-0.15, -0.1) is 0 Å². The molecule has 1 saturated heterocycles. The minimum Gasteiger partial charge on any atom is -0.395 e. The number of nitrogens with zero attached hydrogens (tertiary/aromatic N) is 2. The number of aliphatic hydroxyl groups excluding tert-OH is 1. The molecule has 5 heteroatoms. The third kappa shape index (κ3) is 4.91. The van der Waals surface area contributed by atoms with Crippen LogP contribution in [0, 0.1) is 0 Å². The summed E-state index contributed by atoms with van der Waals surface area (Å²) in [4.78, 5) is 16.2. The molecule has 0 unspecified atom stereocenters. The molecule has 5 nitrogen and oxygen atoms in total. The Kier molecular flexibility index (Phi) is 7.17. The molecule has 0 bridgehead atoms. The van der Waals surface area contributed by atoms with Gasteiger partial charge in [0, 0.05) is 31.1 Å². The lowest BCUT2D eigenvalue weighted by Gasteiger charge is -2.47. The van der Waals surface area contributed by atoms with Gasteiger partial charge in [0.2, 0.25) is 5.91 Å². The fourth-order valence-corrected chi connectivity index (χ4v) is 3.48. The summed E-state index contributed by atoms with van der Waals surface area (Å²) < 4.78 is 0. The maximum absolute atomic E-state index is 12.4. The standard InChI is InChI=1S/C20H31N3O2/c1-5-7-15-8-10-16(11-9-15)20-17(21-18(20)14-24)12-23(6-2)19(25)13-22(3)4/h5,7-11,17-18,20-21,24H,6,12-14H2,1-4H3/b7-5+/t17-,18-,20-/m1/s1. The second kappa shape index (κ2) is 9.13. The van der Waals surface area contributed by atoms with Crippen LogP contribution < -0.4 is 5.32 Å². The molecule has 1 aromatic rings. The summed E-state index contributed by atoms with van der Waals surface area (Å²) in [5, 5.41) is 13.1. The molecular weight excluding hydrogens is 314 g/mol. The number of hydrogen-bond donors (Lipinski definition) is 2. The fraction of sp³-hybridized carbons (Fsp3) is 0.550. The number of benzene rings is 1. The number of hydrogen-bond acceptors (Lipinski definition) is 4. The molecule has 0 saturated carbocycles. The molecule has 1 fully saturated rings. The zero-order valence-corrected chi connectivity index (χ0v) is 15.8. The Hall–Kier alpha value is -1.69. The normalized spacial score (nSPS) is 23.0. The minimum absolute atomic E-state index is 0.0558. The van der Waals surface area contributed by atoms with Crippen molar-refractivity contribution in [3.63, 3.8) is 0 Å². The molecule has 0 aliphatic carbocycles. The number of allylic oxidation sites excluding steroid dienone is 1. The van der Waals surface area contributed by atoms with Gasteiger partial charge in [-0.05, 0) is 39.1 Å². The highest BCUT2D eigenvalue weighted by molar-refractivity contribution is 5.78. The first-order valence-corrected chi connectivity index (χ1v) is 9.02. The summed E-state index contributed by atoms with van der Waals surface area (Å²) in [7, 11) is 3.81. The molecule has 0 aromatic heterocycles. The largest absolute Gasteiger partial charge is 0.395 e. The van der Waals surface area contributed by atoms with E-state index in [1.807, 2.05) is 43.8 Å². The van der Waals surface area contributed by atoms with Gasteiger partial charge in [0.05, 0.1) is 13.2 Å². The predicted molar refractivity (Wildman–Crippen MR) is 102 cm³/mol. The van der Waals surface area contributed by atoms with Crippen molar-refractivity contribution in [3.05, 3.63) is 41.5 Å². The van der Waals surface area contributed by atoms with Gasteiger partial charge in [-0.2, -0.15) is 0 Å². The lowest BCUT2D eigenvalue weighted by molar-refractivity contribution is -0.132. The monoisotopic (exact) mass is 345 g/mol. The van der Waals surface area contributed by atoms with Crippen LogP contribution in [0.25, 0.3) is 6.08 Å². The van der Waals surface area contributed by atoms with E-state index in [0.717, 1.165) is 0 Å². The summed E-state index contributed by atoms with van der Waals surface area (Å²) >= 11 is 0. The van der Waals surface area contributed by atoms with Crippen molar-refractivity contribution in [2.45, 2.75) is 31.8 Å². The van der Waals surface area contributed by atoms with Crippen LogP contribution in [0.2, 0.25) is 0 Å². The second-order valence-corrected chi connectivity index (χ2v) is 6.92. The van der Waals surface area contributed by atoms with Crippen LogP contribution in [-0.2, 0) is 4.79 Å². The molecule has 1 aliphatic heterocycles. The predicted octanol–water partition coefficient (Wildman–Crippen LogP) is 1.55. The van der Waals surface area contributed by atoms with E-state index in [0.29, 0.717) is 19.6 Å². The maximum Gasteiger partial charge on any atom is 0.236 e. The summed E-state index contributed by atoms with van der Waals surface area (Å²) in [6.45, 7) is 5.91. The molecule has 3 atom stereocenters. The SMILES string of the molecule is C/C=C/c1ccc([C@H]2[C@@H](CO)N[C@@H]2CN(CC)C(=O)CN(C)C)cc1. The van der Waals surface area contributed by atoms with Crippen molar-refractivity contribution in [2.75, 3.05) is 40.3 Å². The van der Waals surface area contributed by atoms with E-state index in [2.05, 4.69) is 35.7 Å². The van der Waals surface area contributed by atoms with Gasteiger partial charge in [-0.1, -0.05) is 36.4 Å². The van der Waals surface area contributed by atoms with Crippen molar-refractivity contribution in [1.29, 1.82) is 0 Å². The van der Waals surface area contributed by atoms with Gasteiger partial charge in [0.1, 0.15) is 0 Å². The summed E-state index contributed by atoms with van der Waals surface area (Å²) in [6, 6.07) is 8.71. The molecule has 25 heavy (non-hydrogen) atoms.